The lowest BCUT2D eigenvalue weighted by Crippen LogP contribution is -2.28. The molecule has 0 aliphatic rings. The number of carbonyl (C=O) groups is 2. The van der Waals surface area contributed by atoms with Crippen molar-refractivity contribution in [3.8, 4) is 0 Å². The summed E-state index contributed by atoms with van der Waals surface area (Å²) in [4.78, 5) is 34.1. The Labute approximate surface area is 127 Å². The molecule has 0 aliphatic carbocycles. The van der Waals surface area contributed by atoms with Gasteiger partial charge < -0.3 is 10.4 Å². The molecule has 0 radical (unpaired) electrons. The van der Waals surface area contributed by atoms with E-state index in [0.717, 1.165) is 15.2 Å². The van der Waals surface area contributed by atoms with Crippen molar-refractivity contribution in [2.45, 2.75) is 6.54 Å². The van der Waals surface area contributed by atoms with E-state index >= 15 is 0 Å². The van der Waals surface area contributed by atoms with E-state index in [9.17, 15) is 14.4 Å². The zero-order chi connectivity index (χ0) is 15.4. The van der Waals surface area contributed by atoms with Gasteiger partial charge in [0.2, 0.25) is 0 Å². The molecule has 8 heteroatoms. The van der Waals surface area contributed by atoms with Crippen LogP contribution in [0, 0.1) is 0 Å². The van der Waals surface area contributed by atoms with Gasteiger partial charge >= 0.3 is 5.97 Å². The van der Waals surface area contributed by atoms with Gasteiger partial charge in [-0.15, -0.1) is 0 Å². The van der Waals surface area contributed by atoms with Crippen LogP contribution in [0.1, 0.15) is 10.5 Å². The maximum absolute atomic E-state index is 12.0. The molecule has 21 heavy (non-hydrogen) atoms. The highest BCUT2D eigenvalue weighted by Gasteiger charge is 2.11. The van der Waals surface area contributed by atoms with Gasteiger partial charge in [0.15, 0.2) is 0 Å². The number of carbonyl (C=O) groups excluding carboxylic acids is 1. The minimum Gasteiger partial charge on any atom is -0.480 e. The number of carboxylic acid groups (broad SMARTS) is 1. The van der Waals surface area contributed by atoms with Crippen LogP contribution in [0.25, 0.3) is 0 Å². The molecule has 108 valence electrons. The van der Waals surface area contributed by atoms with Crippen molar-refractivity contribution in [1.82, 2.24) is 9.78 Å². The highest BCUT2D eigenvalue weighted by molar-refractivity contribution is 9.10. The standard InChI is InChI=1S/C13H10BrN3O4/c14-8-2-1-3-9(6-8)15-13(21)10-4-5-11(18)17(16-10)7-12(19)20/h1-6H,7H2,(H,15,21)(H,19,20). The third kappa shape index (κ3) is 3.99. The van der Waals surface area contributed by atoms with E-state index in [1.54, 1.807) is 24.3 Å². The quantitative estimate of drug-likeness (QED) is 0.865. The van der Waals surface area contributed by atoms with Gasteiger partial charge in [-0.2, -0.15) is 5.10 Å². The number of benzene rings is 1. The Balaban J connectivity index is 2.23. The van der Waals surface area contributed by atoms with Crippen molar-refractivity contribution in [3.63, 3.8) is 0 Å². The lowest BCUT2D eigenvalue weighted by Gasteiger charge is -2.06. The van der Waals surface area contributed by atoms with Gasteiger partial charge in [-0.1, -0.05) is 22.0 Å². The van der Waals surface area contributed by atoms with Crippen LogP contribution in [0.2, 0.25) is 0 Å². The summed E-state index contributed by atoms with van der Waals surface area (Å²) in [5.74, 6) is -1.75. The molecule has 0 unspecified atom stereocenters. The first-order valence-corrected chi connectivity index (χ1v) is 6.62. The second-order valence-electron chi connectivity index (χ2n) is 4.07. The summed E-state index contributed by atoms with van der Waals surface area (Å²) in [5.41, 5.74) is -0.0839. The van der Waals surface area contributed by atoms with Crippen molar-refractivity contribution in [2.75, 3.05) is 5.32 Å². The van der Waals surface area contributed by atoms with Gasteiger partial charge in [0.05, 0.1) is 0 Å². The fourth-order valence-corrected chi connectivity index (χ4v) is 1.97. The van der Waals surface area contributed by atoms with E-state index in [0.29, 0.717) is 5.69 Å². The summed E-state index contributed by atoms with van der Waals surface area (Å²) in [5, 5.41) is 15.0. The maximum atomic E-state index is 12.0. The Kier molecular flexibility index (Phi) is 4.49. The molecule has 1 amide bonds. The number of nitrogens with one attached hydrogen (secondary N) is 1. The largest absolute Gasteiger partial charge is 0.480 e. The molecule has 0 atom stereocenters. The molecule has 0 saturated carbocycles. The molecule has 1 aromatic carbocycles. The predicted octanol–water partition coefficient (Wildman–Crippen LogP) is 1.34. The molecule has 1 heterocycles. The zero-order valence-corrected chi connectivity index (χ0v) is 12.2. The molecule has 2 rings (SSSR count). The maximum Gasteiger partial charge on any atom is 0.325 e. The van der Waals surface area contributed by atoms with Crippen LogP contribution < -0.4 is 10.9 Å². The Morgan fingerprint density at radius 1 is 1.29 bits per heavy atom. The molecular formula is C13H10BrN3O4. The smallest absolute Gasteiger partial charge is 0.325 e. The van der Waals surface area contributed by atoms with E-state index in [1.165, 1.54) is 6.07 Å². The van der Waals surface area contributed by atoms with Crippen molar-refractivity contribution in [2.24, 2.45) is 0 Å². The minimum atomic E-state index is -1.21. The fraction of sp³-hybridized carbons (Fsp3) is 0.0769. The van der Waals surface area contributed by atoms with E-state index in [1.807, 2.05) is 0 Å². The van der Waals surface area contributed by atoms with Crippen LogP contribution in [0.4, 0.5) is 5.69 Å². The van der Waals surface area contributed by atoms with Crippen LogP contribution >= 0.6 is 15.9 Å². The zero-order valence-electron chi connectivity index (χ0n) is 10.6. The van der Waals surface area contributed by atoms with Gasteiger partial charge in [-0.25, -0.2) is 4.68 Å². The first-order valence-electron chi connectivity index (χ1n) is 5.82. The molecule has 0 saturated heterocycles. The number of amides is 1. The highest BCUT2D eigenvalue weighted by Crippen LogP contribution is 2.16. The lowest BCUT2D eigenvalue weighted by atomic mass is 10.3. The van der Waals surface area contributed by atoms with Crippen LogP contribution in [-0.2, 0) is 11.3 Å². The molecule has 0 fully saturated rings. The monoisotopic (exact) mass is 351 g/mol. The Morgan fingerprint density at radius 2 is 2.05 bits per heavy atom. The van der Waals surface area contributed by atoms with E-state index < -0.39 is 24.0 Å². The highest BCUT2D eigenvalue weighted by atomic mass is 79.9. The number of aromatic nitrogens is 2. The van der Waals surface area contributed by atoms with Crippen molar-refractivity contribution >= 4 is 33.5 Å². The molecule has 0 spiro atoms. The summed E-state index contributed by atoms with van der Waals surface area (Å²) in [6, 6.07) is 9.29. The van der Waals surface area contributed by atoms with Crippen molar-refractivity contribution < 1.29 is 14.7 Å². The third-order valence-corrected chi connectivity index (χ3v) is 2.96. The summed E-state index contributed by atoms with van der Waals surface area (Å²) in [6.07, 6.45) is 0. The molecular weight excluding hydrogens is 342 g/mol. The summed E-state index contributed by atoms with van der Waals surface area (Å²) >= 11 is 3.28. The number of rotatable bonds is 4. The predicted molar refractivity (Wildman–Crippen MR) is 78.2 cm³/mol. The number of carboxylic acids is 1. The Morgan fingerprint density at radius 3 is 2.71 bits per heavy atom. The number of hydrogen-bond donors (Lipinski definition) is 2. The number of hydrogen-bond acceptors (Lipinski definition) is 4. The van der Waals surface area contributed by atoms with Crippen molar-refractivity contribution in [3.05, 3.63) is 56.9 Å². The number of nitrogens with zero attached hydrogens (tertiary/aromatic N) is 2. The van der Waals surface area contributed by atoms with Gasteiger partial charge in [0, 0.05) is 16.2 Å². The molecule has 7 nitrogen and oxygen atoms in total. The van der Waals surface area contributed by atoms with Crippen LogP contribution in [0.15, 0.2) is 45.7 Å². The van der Waals surface area contributed by atoms with Crippen molar-refractivity contribution in [1.29, 1.82) is 0 Å². The average Bonchev–Trinajstić information content (AvgIpc) is 2.40. The molecule has 2 N–H and O–H groups in total. The second-order valence-corrected chi connectivity index (χ2v) is 4.99. The van der Waals surface area contributed by atoms with Crippen LogP contribution in [0.5, 0.6) is 0 Å². The number of anilines is 1. The van der Waals surface area contributed by atoms with Gasteiger partial charge in [0.1, 0.15) is 12.2 Å². The molecule has 0 bridgehead atoms. The Hall–Kier alpha value is -2.48. The fourth-order valence-electron chi connectivity index (χ4n) is 1.57. The van der Waals surface area contributed by atoms with E-state index in [-0.39, 0.29) is 5.69 Å². The number of aliphatic carboxylic acids is 1. The van der Waals surface area contributed by atoms with Gasteiger partial charge in [-0.3, -0.25) is 14.4 Å². The molecule has 0 aliphatic heterocycles. The topological polar surface area (TPSA) is 101 Å². The van der Waals surface area contributed by atoms with Crippen LogP contribution in [-0.4, -0.2) is 26.8 Å². The first kappa shape index (κ1) is 14.9. The Bertz CT molecular complexity index is 757. The molecule has 2 aromatic rings. The van der Waals surface area contributed by atoms with E-state index in [2.05, 4.69) is 26.3 Å². The SMILES string of the molecule is O=C(O)Cn1nc(C(=O)Nc2cccc(Br)c2)ccc1=O. The average molecular weight is 352 g/mol. The van der Waals surface area contributed by atoms with Crippen LogP contribution in [0.3, 0.4) is 0 Å². The second kappa shape index (κ2) is 6.31. The number of halogens is 1. The minimum absolute atomic E-state index is 0.0455. The lowest BCUT2D eigenvalue weighted by molar-refractivity contribution is -0.138. The summed E-state index contributed by atoms with van der Waals surface area (Å²) < 4.78 is 1.52. The van der Waals surface area contributed by atoms with E-state index in [4.69, 9.17) is 5.11 Å². The van der Waals surface area contributed by atoms with Gasteiger partial charge in [-0.05, 0) is 24.3 Å². The summed E-state index contributed by atoms with van der Waals surface area (Å²) in [7, 11) is 0. The van der Waals surface area contributed by atoms with Gasteiger partial charge in [0.25, 0.3) is 11.5 Å². The third-order valence-electron chi connectivity index (χ3n) is 2.47. The molecule has 1 aromatic heterocycles. The first-order chi connectivity index (χ1) is 9.95. The summed E-state index contributed by atoms with van der Waals surface area (Å²) in [6.45, 7) is -0.600. The normalized spacial score (nSPS) is 10.1.